The summed E-state index contributed by atoms with van der Waals surface area (Å²) in [5.74, 6) is 0.455. The lowest BCUT2D eigenvalue weighted by Crippen LogP contribution is -2.72. The van der Waals surface area contributed by atoms with E-state index in [-0.39, 0.29) is 0 Å². The number of nitrogens with zero attached hydrogens (tertiary/aromatic N) is 2. The molecule has 3 atom stereocenters. The third-order valence-electron chi connectivity index (χ3n) is 4.38. The molecule has 1 unspecified atom stereocenters. The number of fused-ring (bicyclic) bond motifs is 2. The van der Waals surface area contributed by atoms with Crippen molar-refractivity contribution in [2.24, 2.45) is 0 Å². The van der Waals surface area contributed by atoms with Crippen LogP contribution in [0.5, 0.6) is 0 Å². The summed E-state index contributed by atoms with van der Waals surface area (Å²) < 4.78 is 26.0. The van der Waals surface area contributed by atoms with Crippen LogP contribution in [0.15, 0.2) is 28.7 Å². The second kappa shape index (κ2) is 4.55. The topological polar surface area (TPSA) is 40.6 Å². The summed E-state index contributed by atoms with van der Waals surface area (Å²) in [5, 5.41) is 0. The first-order valence-electron chi connectivity index (χ1n) is 6.30. The molecule has 0 aliphatic carbocycles. The molecule has 3 rings (SSSR count). The molecule has 2 heterocycles. The molecule has 0 aromatic heterocycles. The Morgan fingerprint density at radius 1 is 1.16 bits per heavy atom. The van der Waals surface area contributed by atoms with Gasteiger partial charge in [0, 0.05) is 35.6 Å². The maximum Gasteiger partial charge on any atom is 0.211 e. The van der Waals surface area contributed by atoms with Crippen molar-refractivity contribution in [3.63, 3.8) is 0 Å². The van der Waals surface area contributed by atoms with Crippen LogP contribution < -0.4 is 0 Å². The minimum absolute atomic E-state index is 0.301. The minimum Gasteiger partial charge on any atom is -0.296 e. The quantitative estimate of drug-likeness (QED) is 0.816. The molecule has 2 aliphatic rings. The molecule has 104 valence electrons. The molecule has 19 heavy (non-hydrogen) atoms. The Morgan fingerprint density at radius 3 is 2.16 bits per heavy atom. The molecule has 2 fully saturated rings. The van der Waals surface area contributed by atoms with E-state index in [2.05, 4.69) is 52.1 Å². The summed E-state index contributed by atoms with van der Waals surface area (Å²) in [6.07, 6.45) is 1.30. The highest BCUT2D eigenvalue weighted by molar-refractivity contribution is 9.10. The zero-order chi connectivity index (χ0) is 13.8. The van der Waals surface area contributed by atoms with Gasteiger partial charge in [-0.05, 0) is 24.7 Å². The number of piperazine rings is 1. The van der Waals surface area contributed by atoms with Crippen LogP contribution in [-0.4, -0.2) is 56.1 Å². The lowest BCUT2D eigenvalue weighted by molar-refractivity contribution is -0.0482. The molecule has 2 saturated heterocycles. The number of sulfonamides is 1. The average Bonchev–Trinajstić information content (AvgIpc) is 2.37. The van der Waals surface area contributed by atoms with Crippen molar-refractivity contribution in [1.82, 2.24) is 9.21 Å². The fourth-order valence-corrected chi connectivity index (χ4v) is 4.40. The van der Waals surface area contributed by atoms with E-state index in [9.17, 15) is 8.42 Å². The van der Waals surface area contributed by atoms with Gasteiger partial charge in [0.1, 0.15) is 0 Å². The fraction of sp³-hybridized carbons (Fsp3) is 0.538. The molecule has 2 aliphatic heterocycles. The Balaban J connectivity index is 1.83. The van der Waals surface area contributed by atoms with Gasteiger partial charge < -0.3 is 0 Å². The molecule has 2 bridgehead atoms. The van der Waals surface area contributed by atoms with E-state index in [0.29, 0.717) is 31.1 Å². The zero-order valence-electron chi connectivity index (χ0n) is 11.0. The fourth-order valence-electron chi connectivity index (χ4n) is 3.28. The normalized spacial score (nSPS) is 32.1. The summed E-state index contributed by atoms with van der Waals surface area (Å²) in [7, 11) is -0.977. The van der Waals surface area contributed by atoms with Crippen LogP contribution in [-0.2, 0) is 10.0 Å². The standard InChI is InChI=1S/C13H17BrN2O2S/c1-15-11-7-16(19(2,17)18)8-12(15)13(11)9-3-5-10(14)6-4-9/h3-6,11-13H,7-8H2,1-2H3/t11-,12+,13?. The van der Waals surface area contributed by atoms with Crippen molar-refractivity contribution >= 4 is 26.0 Å². The van der Waals surface area contributed by atoms with E-state index >= 15 is 0 Å². The Morgan fingerprint density at radius 2 is 1.68 bits per heavy atom. The van der Waals surface area contributed by atoms with Gasteiger partial charge in [-0.15, -0.1) is 0 Å². The van der Waals surface area contributed by atoms with Gasteiger partial charge in [-0.25, -0.2) is 8.42 Å². The van der Waals surface area contributed by atoms with Crippen LogP contribution in [0.2, 0.25) is 0 Å². The van der Waals surface area contributed by atoms with Crippen LogP contribution in [0.25, 0.3) is 0 Å². The predicted molar refractivity (Wildman–Crippen MR) is 78.6 cm³/mol. The number of benzene rings is 1. The van der Waals surface area contributed by atoms with Crippen molar-refractivity contribution in [3.05, 3.63) is 34.3 Å². The third-order valence-corrected chi connectivity index (χ3v) is 6.15. The van der Waals surface area contributed by atoms with Crippen LogP contribution in [0, 0.1) is 0 Å². The second-order valence-corrected chi connectivity index (χ2v) is 8.36. The van der Waals surface area contributed by atoms with Crippen molar-refractivity contribution in [2.75, 3.05) is 26.4 Å². The first kappa shape index (κ1) is 13.5. The maximum atomic E-state index is 11.6. The molecule has 0 N–H and O–H groups in total. The average molecular weight is 345 g/mol. The summed E-state index contributed by atoms with van der Waals surface area (Å²) in [5.41, 5.74) is 1.31. The molecule has 0 radical (unpaired) electrons. The van der Waals surface area contributed by atoms with Crippen LogP contribution in [0.4, 0.5) is 0 Å². The smallest absolute Gasteiger partial charge is 0.211 e. The Kier molecular flexibility index (Phi) is 3.24. The van der Waals surface area contributed by atoms with Gasteiger partial charge >= 0.3 is 0 Å². The summed E-state index contributed by atoms with van der Waals surface area (Å²) in [4.78, 5) is 2.30. The van der Waals surface area contributed by atoms with Gasteiger partial charge in [-0.1, -0.05) is 28.1 Å². The van der Waals surface area contributed by atoms with Gasteiger partial charge in [0.2, 0.25) is 10.0 Å². The monoisotopic (exact) mass is 344 g/mol. The molecule has 1 aromatic carbocycles. The van der Waals surface area contributed by atoms with Crippen molar-refractivity contribution < 1.29 is 8.42 Å². The lowest BCUT2D eigenvalue weighted by Gasteiger charge is -2.60. The molecule has 6 heteroatoms. The van der Waals surface area contributed by atoms with Gasteiger partial charge in [-0.2, -0.15) is 4.31 Å². The summed E-state index contributed by atoms with van der Waals surface area (Å²) in [6, 6.07) is 8.98. The van der Waals surface area contributed by atoms with E-state index < -0.39 is 10.0 Å². The number of likely N-dealkylation sites (N-methyl/N-ethyl adjacent to an activating group) is 1. The molecular formula is C13H17BrN2O2S. The maximum absolute atomic E-state index is 11.6. The molecule has 0 saturated carbocycles. The van der Waals surface area contributed by atoms with Gasteiger partial charge in [0.25, 0.3) is 0 Å². The summed E-state index contributed by atoms with van der Waals surface area (Å²) in [6.45, 7) is 1.21. The van der Waals surface area contributed by atoms with Crippen molar-refractivity contribution in [3.8, 4) is 0 Å². The van der Waals surface area contributed by atoms with E-state index in [0.717, 1.165) is 4.47 Å². The minimum atomic E-state index is -3.06. The molecular weight excluding hydrogens is 328 g/mol. The van der Waals surface area contributed by atoms with E-state index in [1.165, 1.54) is 11.8 Å². The van der Waals surface area contributed by atoms with Crippen molar-refractivity contribution in [1.29, 1.82) is 0 Å². The predicted octanol–water partition coefficient (Wildman–Crippen LogP) is 1.49. The van der Waals surface area contributed by atoms with Crippen molar-refractivity contribution in [2.45, 2.75) is 18.0 Å². The van der Waals surface area contributed by atoms with Crippen LogP contribution >= 0.6 is 15.9 Å². The Labute approximate surface area is 122 Å². The molecule has 0 amide bonds. The van der Waals surface area contributed by atoms with Gasteiger partial charge in [-0.3, -0.25) is 4.90 Å². The third kappa shape index (κ3) is 2.24. The first-order chi connectivity index (χ1) is 8.88. The Bertz CT molecular complexity index is 573. The van der Waals surface area contributed by atoms with E-state index in [1.54, 1.807) is 4.31 Å². The first-order valence-corrected chi connectivity index (χ1v) is 8.94. The Hall–Kier alpha value is -0.430. The van der Waals surface area contributed by atoms with Crippen LogP contribution in [0.1, 0.15) is 11.5 Å². The number of halogens is 1. The summed E-state index contributed by atoms with van der Waals surface area (Å²) >= 11 is 3.45. The van der Waals surface area contributed by atoms with E-state index in [4.69, 9.17) is 0 Å². The highest BCUT2D eigenvalue weighted by atomic mass is 79.9. The number of piperidine rings is 1. The van der Waals surface area contributed by atoms with E-state index in [1.807, 2.05) is 0 Å². The SMILES string of the molecule is CN1[C@@H]2CN(S(C)(=O)=O)C[C@H]1C2c1ccc(Br)cc1. The van der Waals surface area contributed by atoms with Crippen LogP contribution in [0.3, 0.4) is 0 Å². The highest BCUT2D eigenvalue weighted by Crippen LogP contribution is 2.44. The van der Waals surface area contributed by atoms with Gasteiger partial charge in [0.05, 0.1) is 6.26 Å². The number of rotatable bonds is 2. The lowest BCUT2D eigenvalue weighted by atomic mass is 9.73. The largest absolute Gasteiger partial charge is 0.296 e. The molecule has 0 spiro atoms. The molecule has 1 aromatic rings. The molecule has 4 nitrogen and oxygen atoms in total. The zero-order valence-corrected chi connectivity index (χ0v) is 13.4. The number of hydrogen-bond acceptors (Lipinski definition) is 3. The number of hydrogen-bond donors (Lipinski definition) is 0. The second-order valence-electron chi connectivity index (χ2n) is 5.46. The highest BCUT2D eigenvalue weighted by Gasteiger charge is 2.53. The van der Waals surface area contributed by atoms with Gasteiger partial charge in [0.15, 0.2) is 0 Å².